The van der Waals surface area contributed by atoms with Crippen molar-refractivity contribution < 1.29 is 0 Å². The van der Waals surface area contributed by atoms with Gasteiger partial charge in [0.2, 0.25) is 0 Å². The van der Waals surface area contributed by atoms with Crippen molar-refractivity contribution in [2.45, 2.75) is 51.6 Å². The summed E-state index contributed by atoms with van der Waals surface area (Å²) in [5, 5.41) is 3.70. The second kappa shape index (κ2) is 6.04. The van der Waals surface area contributed by atoms with E-state index in [1.54, 1.807) is 0 Å². The largest absolute Gasteiger partial charge is 0.337 e. The Morgan fingerprint density at radius 1 is 1.38 bits per heavy atom. The summed E-state index contributed by atoms with van der Waals surface area (Å²) in [5.74, 6) is 0.677. The first-order valence-electron chi connectivity index (χ1n) is 6.53. The van der Waals surface area contributed by atoms with Crippen LogP contribution in [0.5, 0.6) is 0 Å². The van der Waals surface area contributed by atoms with Crippen LogP contribution in [-0.2, 0) is 6.54 Å². The average Bonchev–Trinajstić information content (AvgIpc) is 2.81. The molecule has 16 heavy (non-hydrogen) atoms. The van der Waals surface area contributed by atoms with Crippen LogP contribution < -0.4 is 5.32 Å². The van der Waals surface area contributed by atoms with Gasteiger partial charge in [-0.1, -0.05) is 26.2 Å². The van der Waals surface area contributed by atoms with E-state index in [4.69, 9.17) is 0 Å². The van der Waals surface area contributed by atoms with E-state index in [0.717, 1.165) is 19.1 Å². The summed E-state index contributed by atoms with van der Waals surface area (Å²) in [6.45, 7) is 4.50. The van der Waals surface area contributed by atoms with Gasteiger partial charge in [-0.3, -0.25) is 0 Å². The lowest BCUT2D eigenvalue weighted by Crippen LogP contribution is -2.35. The zero-order valence-electron chi connectivity index (χ0n) is 10.2. The quantitative estimate of drug-likeness (QED) is 0.827. The van der Waals surface area contributed by atoms with Crippen LogP contribution in [-0.4, -0.2) is 22.1 Å². The van der Waals surface area contributed by atoms with Crippen LogP contribution in [0, 0.1) is 5.92 Å². The number of hydrogen-bond acceptors (Lipinski definition) is 2. The van der Waals surface area contributed by atoms with E-state index in [0.29, 0.717) is 5.92 Å². The van der Waals surface area contributed by atoms with Crippen molar-refractivity contribution in [3.05, 3.63) is 18.7 Å². The van der Waals surface area contributed by atoms with Gasteiger partial charge in [-0.25, -0.2) is 4.98 Å². The van der Waals surface area contributed by atoms with Crippen LogP contribution in [0.4, 0.5) is 0 Å². The standard InChI is InChI=1S/C13H23N3/c1-12(10-16-8-7-14-11-16)9-15-13-5-3-2-4-6-13/h7-8,11-13,15H,2-6,9-10H2,1H3. The van der Waals surface area contributed by atoms with Crippen LogP contribution in [0.2, 0.25) is 0 Å². The molecule has 1 N–H and O–H groups in total. The monoisotopic (exact) mass is 221 g/mol. The summed E-state index contributed by atoms with van der Waals surface area (Å²) in [6.07, 6.45) is 12.8. The Labute approximate surface area is 98.3 Å². The summed E-state index contributed by atoms with van der Waals surface area (Å²) in [7, 11) is 0. The molecule has 3 nitrogen and oxygen atoms in total. The van der Waals surface area contributed by atoms with Crippen molar-refractivity contribution in [2.75, 3.05) is 6.54 Å². The van der Waals surface area contributed by atoms with Gasteiger partial charge in [-0.05, 0) is 25.3 Å². The van der Waals surface area contributed by atoms with E-state index in [2.05, 4.69) is 21.8 Å². The first-order valence-corrected chi connectivity index (χ1v) is 6.53. The molecule has 0 radical (unpaired) electrons. The van der Waals surface area contributed by atoms with E-state index in [1.807, 2.05) is 18.7 Å². The van der Waals surface area contributed by atoms with E-state index < -0.39 is 0 Å². The molecule has 90 valence electrons. The number of imidazole rings is 1. The second-order valence-corrected chi connectivity index (χ2v) is 5.11. The Balaban J connectivity index is 1.65. The fourth-order valence-corrected chi connectivity index (χ4v) is 2.49. The van der Waals surface area contributed by atoms with Crippen LogP contribution >= 0.6 is 0 Å². The molecule has 1 fully saturated rings. The number of nitrogens with zero attached hydrogens (tertiary/aromatic N) is 2. The Bertz CT molecular complexity index is 275. The first-order chi connectivity index (χ1) is 7.84. The Morgan fingerprint density at radius 2 is 2.19 bits per heavy atom. The van der Waals surface area contributed by atoms with Gasteiger partial charge in [0, 0.05) is 25.0 Å². The molecule has 1 aromatic rings. The molecule has 1 atom stereocenters. The minimum absolute atomic E-state index is 0.677. The van der Waals surface area contributed by atoms with Gasteiger partial charge >= 0.3 is 0 Å². The van der Waals surface area contributed by atoms with Gasteiger partial charge in [0.05, 0.1) is 6.33 Å². The summed E-state index contributed by atoms with van der Waals surface area (Å²) < 4.78 is 2.16. The van der Waals surface area contributed by atoms with Crippen molar-refractivity contribution in [3.63, 3.8) is 0 Å². The van der Waals surface area contributed by atoms with Gasteiger partial charge in [0.1, 0.15) is 0 Å². The number of hydrogen-bond donors (Lipinski definition) is 1. The third kappa shape index (κ3) is 3.63. The maximum Gasteiger partial charge on any atom is 0.0946 e. The van der Waals surface area contributed by atoms with Crippen molar-refractivity contribution >= 4 is 0 Å². The first kappa shape index (κ1) is 11.6. The van der Waals surface area contributed by atoms with Crippen LogP contribution in [0.3, 0.4) is 0 Å². The van der Waals surface area contributed by atoms with Crippen LogP contribution in [0.15, 0.2) is 18.7 Å². The van der Waals surface area contributed by atoms with Crippen molar-refractivity contribution in [2.24, 2.45) is 5.92 Å². The van der Waals surface area contributed by atoms with Crippen LogP contribution in [0.1, 0.15) is 39.0 Å². The average molecular weight is 221 g/mol. The molecule has 1 heterocycles. The maximum absolute atomic E-state index is 4.07. The lowest BCUT2D eigenvalue weighted by atomic mass is 9.95. The molecule has 1 aromatic heterocycles. The molecule has 0 bridgehead atoms. The Kier molecular flexibility index (Phi) is 4.40. The maximum atomic E-state index is 4.07. The second-order valence-electron chi connectivity index (χ2n) is 5.11. The minimum Gasteiger partial charge on any atom is -0.337 e. The van der Waals surface area contributed by atoms with Gasteiger partial charge in [-0.2, -0.15) is 0 Å². The van der Waals surface area contributed by atoms with E-state index in [1.165, 1.54) is 32.1 Å². The zero-order chi connectivity index (χ0) is 11.2. The SMILES string of the molecule is CC(CNC1CCCCC1)Cn1ccnc1. The molecule has 0 aromatic carbocycles. The highest BCUT2D eigenvalue weighted by Crippen LogP contribution is 2.17. The normalized spacial score (nSPS) is 19.8. The molecule has 0 spiro atoms. The van der Waals surface area contributed by atoms with Crippen molar-refractivity contribution in [1.82, 2.24) is 14.9 Å². The molecule has 0 saturated heterocycles. The summed E-state index contributed by atoms with van der Waals surface area (Å²) >= 11 is 0. The molecule has 1 aliphatic carbocycles. The molecule has 0 aliphatic heterocycles. The summed E-state index contributed by atoms with van der Waals surface area (Å²) in [5.41, 5.74) is 0. The highest BCUT2D eigenvalue weighted by atomic mass is 15.0. The van der Waals surface area contributed by atoms with Gasteiger partial charge < -0.3 is 9.88 Å². The summed E-state index contributed by atoms with van der Waals surface area (Å²) in [4.78, 5) is 4.07. The molecule has 1 saturated carbocycles. The molecule has 2 rings (SSSR count). The van der Waals surface area contributed by atoms with Gasteiger partial charge in [0.15, 0.2) is 0 Å². The van der Waals surface area contributed by atoms with E-state index >= 15 is 0 Å². The smallest absolute Gasteiger partial charge is 0.0946 e. The lowest BCUT2D eigenvalue weighted by molar-refractivity contribution is 0.340. The van der Waals surface area contributed by atoms with Gasteiger partial charge in [-0.15, -0.1) is 0 Å². The fraction of sp³-hybridized carbons (Fsp3) is 0.769. The van der Waals surface area contributed by atoms with E-state index in [9.17, 15) is 0 Å². The predicted molar refractivity (Wildman–Crippen MR) is 66.3 cm³/mol. The lowest BCUT2D eigenvalue weighted by Gasteiger charge is -2.24. The number of rotatable bonds is 5. The van der Waals surface area contributed by atoms with Crippen molar-refractivity contribution in [1.29, 1.82) is 0 Å². The van der Waals surface area contributed by atoms with Crippen molar-refractivity contribution in [3.8, 4) is 0 Å². The summed E-state index contributed by atoms with van der Waals surface area (Å²) in [6, 6.07) is 0.777. The third-order valence-corrected chi connectivity index (χ3v) is 3.44. The topological polar surface area (TPSA) is 29.9 Å². The Hall–Kier alpha value is -0.830. The fourth-order valence-electron chi connectivity index (χ4n) is 2.49. The molecule has 0 amide bonds. The van der Waals surface area contributed by atoms with E-state index in [-0.39, 0.29) is 0 Å². The Morgan fingerprint density at radius 3 is 2.88 bits per heavy atom. The van der Waals surface area contributed by atoms with Crippen LogP contribution in [0.25, 0.3) is 0 Å². The number of aromatic nitrogens is 2. The zero-order valence-corrected chi connectivity index (χ0v) is 10.2. The molecule has 1 unspecified atom stereocenters. The molecule has 1 aliphatic rings. The third-order valence-electron chi connectivity index (χ3n) is 3.44. The highest BCUT2D eigenvalue weighted by molar-refractivity contribution is 4.77. The predicted octanol–water partition coefficient (Wildman–Crippen LogP) is 2.44. The molecule has 3 heteroatoms. The minimum atomic E-state index is 0.677. The molecular formula is C13H23N3. The number of nitrogens with one attached hydrogen (secondary N) is 1. The highest BCUT2D eigenvalue weighted by Gasteiger charge is 2.13. The molecular weight excluding hydrogens is 198 g/mol. The van der Waals surface area contributed by atoms with Gasteiger partial charge in [0.25, 0.3) is 0 Å².